The van der Waals surface area contributed by atoms with Crippen molar-refractivity contribution in [3.63, 3.8) is 0 Å². The molecule has 5 heteroatoms. The van der Waals surface area contributed by atoms with E-state index in [0.29, 0.717) is 5.92 Å². The highest BCUT2D eigenvalue weighted by molar-refractivity contribution is 5.71. The summed E-state index contributed by atoms with van der Waals surface area (Å²) in [7, 11) is 0. The Kier molecular flexibility index (Phi) is 6.30. The highest BCUT2D eigenvalue weighted by Crippen LogP contribution is 2.28. The lowest BCUT2D eigenvalue weighted by Gasteiger charge is -2.27. The summed E-state index contributed by atoms with van der Waals surface area (Å²) in [5.74, 6) is -0.370. The third-order valence-electron chi connectivity index (χ3n) is 3.48. The summed E-state index contributed by atoms with van der Waals surface area (Å²) in [6.45, 7) is 5.37. The van der Waals surface area contributed by atoms with Crippen LogP contribution >= 0.6 is 0 Å². The first-order valence-electron chi connectivity index (χ1n) is 7.47. The fourth-order valence-corrected chi connectivity index (χ4v) is 2.70. The van der Waals surface area contributed by atoms with Crippen molar-refractivity contribution in [3.05, 3.63) is 0 Å². The van der Waals surface area contributed by atoms with Gasteiger partial charge in [-0.2, -0.15) is 0 Å². The topological polar surface area (TPSA) is 75.6 Å². The minimum atomic E-state index is -0.887. The van der Waals surface area contributed by atoms with Crippen molar-refractivity contribution in [1.29, 1.82) is 0 Å². The molecule has 1 amide bonds. The van der Waals surface area contributed by atoms with Gasteiger partial charge in [0, 0.05) is 6.04 Å². The number of carbonyl (C=O) groups is 2. The van der Waals surface area contributed by atoms with Gasteiger partial charge in [-0.3, -0.25) is 4.79 Å². The Morgan fingerprint density at radius 3 is 2.35 bits per heavy atom. The lowest BCUT2D eigenvalue weighted by molar-refractivity contribution is -0.137. The molecule has 1 fully saturated rings. The van der Waals surface area contributed by atoms with Crippen LogP contribution in [0, 0.1) is 5.92 Å². The number of amides is 1. The van der Waals surface area contributed by atoms with E-state index in [1.807, 2.05) is 0 Å². The van der Waals surface area contributed by atoms with Crippen LogP contribution in [-0.2, 0) is 9.53 Å². The zero-order chi connectivity index (χ0) is 15.2. The number of ether oxygens (including phenoxy) is 1. The molecule has 1 saturated carbocycles. The molecule has 0 heterocycles. The second kappa shape index (κ2) is 7.50. The van der Waals surface area contributed by atoms with Crippen LogP contribution in [-0.4, -0.2) is 28.8 Å². The average Bonchev–Trinajstić information content (AvgIpc) is 2.26. The molecule has 5 nitrogen and oxygen atoms in total. The van der Waals surface area contributed by atoms with Crippen molar-refractivity contribution >= 4 is 12.1 Å². The van der Waals surface area contributed by atoms with Crippen molar-refractivity contribution in [2.45, 2.75) is 77.4 Å². The largest absolute Gasteiger partial charge is 0.481 e. The predicted octanol–water partition coefficient (Wildman–Crippen LogP) is 3.32. The van der Waals surface area contributed by atoms with Gasteiger partial charge in [-0.25, -0.2) is 4.79 Å². The molecule has 0 saturated heterocycles. The van der Waals surface area contributed by atoms with E-state index in [9.17, 15) is 9.59 Å². The maximum absolute atomic E-state index is 11.8. The van der Waals surface area contributed by atoms with E-state index in [1.54, 1.807) is 20.8 Å². The summed E-state index contributed by atoms with van der Waals surface area (Å²) in [4.78, 5) is 22.7. The number of aliphatic carboxylic acids is 1. The first-order chi connectivity index (χ1) is 9.26. The molecule has 20 heavy (non-hydrogen) atoms. The summed E-state index contributed by atoms with van der Waals surface area (Å²) >= 11 is 0. The average molecular weight is 285 g/mol. The zero-order valence-corrected chi connectivity index (χ0v) is 12.8. The standard InChI is InChI=1S/C15H27NO4/c1-15(2,3)20-14(19)16-12(10-13(17)18)9-11-7-5-4-6-8-11/h11-12H,4-10H2,1-3H3,(H,16,19)(H,17,18)/t12-/m0/s1. The number of nitrogens with one attached hydrogen (secondary N) is 1. The fraction of sp³-hybridized carbons (Fsp3) is 0.867. The molecule has 0 unspecified atom stereocenters. The van der Waals surface area contributed by atoms with Gasteiger partial charge in [-0.1, -0.05) is 32.1 Å². The molecule has 0 radical (unpaired) electrons. The molecule has 1 rings (SSSR count). The van der Waals surface area contributed by atoms with Gasteiger partial charge in [-0.05, 0) is 33.1 Å². The van der Waals surface area contributed by atoms with E-state index in [2.05, 4.69) is 5.32 Å². The number of alkyl carbamates (subject to hydrolysis) is 1. The van der Waals surface area contributed by atoms with Crippen LogP contribution in [0.3, 0.4) is 0 Å². The summed E-state index contributed by atoms with van der Waals surface area (Å²) in [6, 6.07) is -0.342. The SMILES string of the molecule is CC(C)(C)OC(=O)N[C@H](CC(=O)O)CC1CCCCC1. The number of hydrogen-bond donors (Lipinski definition) is 2. The Morgan fingerprint density at radius 2 is 1.85 bits per heavy atom. The fourth-order valence-electron chi connectivity index (χ4n) is 2.70. The Morgan fingerprint density at radius 1 is 1.25 bits per heavy atom. The van der Waals surface area contributed by atoms with E-state index in [1.165, 1.54) is 19.3 Å². The minimum Gasteiger partial charge on any atom is -0.481 e. The molecule has 1 aliphatic rings. The maximum Gasteiger partial charge on any atom is 0.407 e. The van der Waals surface area contributed by atoms with Crippen molar-refractivity contribution in [3.8, 4) is 0 Å². The molecule has 1 aliphatic carbocycles. The number of carbonyl (C=O) groups excluding carboxylic acids is 1. The highest BCUT2D eigenvalue weighted by atomic mass is 16.6. The van der Waals surface area contributed by atoms with Crippen LogP contribution in [0.2, 0.25) is 0 Å². The van der Waals surface area contributed by atoms with E-state index >= 15 is 0 Å². The summed E-state index contributed by atoms with van der Waals surface area (Å²) < 4.78 is 5.20. The number of rotatable bonds is 5. The third kappa shape index (κ3) is 7.36. The molecule has 0 aliphatic heterocycles. The Hall–Kier alpha value is -1.26. The predicted molar refractivity (Wildman–Crippen MR) is 76.6 cm³/mol. The summed E-state index contributed by atoms with van der Waals surface area (Å²) in [5, 5.41) is 11.7. The number of carboxylic acids is 1. The smallest absolute Gasteiger partial charge is 0.407 e. The first-order valence-corrected chi connectivity index (χ1v) is 7.47. The Bertz CT molecular complexity index is 329. The van der Waals surface area contributed by atoms with Gasteiger partial charge in [-0.15, -0.1) is 0 Å². The lowest BCUT2D eigenvalue weighted by atomic mass is 9.84. The van der Waals surface area contributed by atoms with E-state index in [-0.39, 0.29) is 12.5 Å². The van der Waals surface area contributed by atoms with E-state index in [4.69, 9.17) is 9.84 Å². The molecule has 0 aromatic rings. The molecule has 0 aromatic heterocycles. The first kappa shape index (κ1) is 16.8. The Balaban J connectivity index is 2.50. The van der Waals surface area contributed by atoms with Crippen LogP contribution in [0.15, 0.2) is 0 Å². The molecule has 1 atom stereocenters. The van der Waals surface area contributed by atoms with E-state index < -0.39 is 17.7 Å². The summed E-state index contributed by atoms with van der Waals surface area (Å²) in [5.41, 5.74) is -0.567. The number of hydrogen-bond acceptors (Lipinski definition) is 3. The van der Waals surface area contributed by atoms with Gasteiger partial charge in [0.2, 0.25) is 0 Å². The van der Waals surface area contributed by atoms with Gasteiger partial charge in [0.25, 0.3) is 0 Å². The molecule has 116 valence electrons. The second-order valence-electron chi connectivity index (χ2n) is 6.68. The molecular formula is C15H27NO4. The van der Waals surface area contributed by atoms with Gasteiger partial charge in [0.05, 0.1) is 6.42 Å². The van der Waals surface area contributed by atoms with Crippen LogP contribution in [0.4, 0.5) is 4.79 Å². The molecule has 0 bridgehead atoms. The molecule has 0 aromatic carbocycles. The Labute approximate surface area is 121 Å². The van der Waals surface area contributed by atoms with Gasteiger partial charge in [0.1, 0.15) is 5.60 Å². The van der Waals surface area contributed by atoms with Crippen LogP contribution in [0.1, 0.15) is 65.7 Å². The minimum absolute atomic E-state index is 0.0459. The zero-order valence-electron chi connectivity index (χ0n) is 12.8. The normalized spacial score (nSPS) is 18.4. The quantitative estimate of drug-likeness (QED) is 0.812. The molecule has 2 N–H and O–H groups in total. The van der Waals surface area contributed by atoms with Gasteiger partial charge < -0.3 is 15.2 Å². The monoisotopic (exact) mass is 285 g/mol. The van der Waals surface area contributed by atoms with Crippen molar-refractivity contribution in [2.75, 3.05) is 0 Å². The highest BCUT2D eigenvalue weighted by Gasteiger charge is 2.24. The van der Waals surface area contributed by atoms with E-state index in [0.717, 1.165) is 19.3 Å². The third-order valence-corrected chi connectivity index (χ3v) is 3.48. The molecular weight excluding hydrogens is 258 g/mol. The van der Waals surface area contributed by atoms with Crippen molar-refractivity contribution < 1.29 is 19.4 Å². The summed E-state index contributed by atoms with van der Waals surface area (Å²) in [6.07, 6.45) is 6.09. The van der Waals surface area contributed by atoms with Gasteiger partial charge >= 0.3 is 12.1 Å². The number of carboxylic acid groups (broad SMARTS) is 1. The van der Waals surface area contributed by atoms with Gasteiger partial charge in [0.15, 0.2) is 0 Å². The van der Waals surface area contributed by atoms with Crippen LogP contribution in [0.25, 0.3) is 0 Å². The second-order valence-corrected chi connectivity index (χ2v) is 6.68. The lowest BCUT2D eigenvalue weighted by Crippen LogP contribution is -2.41. The van der Waals surface area contributed by atoms with Crippen LogP contribution < -0.4 is 5.32 Å². The molecule has 0 spiro atoms. The van der Waals surface area contributed by atoms with Crippen molar-refractivity contribution in [1.82, 2.24) is 5.32 Å². The van der Waals surface area contributed by atoms with Crippen LogP contribution in [0.5, 0.6) is 0 Å². The maximum atomic E-state index is 11.8. The van der Waals surface area contributed by atoms with Crippen molar-refractivity contribution in [2.24, 2.45) is 5.92 Å².